The average molecular weight is 289 g/mol. The first kappa shape index (κ1) is 15.8. The second-order valence-corrected chi connectivity index (χ2v) is 6.34. The van der Waals surface area contributed by atoms with Gasteiger partial charge in [-0.15, -0.1) is 0 Å². The van der Waals surface area contributed by atoms with Crippen LogP contribution in [0.1, 0.15) is 32.3 Å². The molecule has 1 amide bonds. The molecule has 0 radical (unpaired) electrons. The van der Waals surface area contributed by atoms with Gasteiger partial charge in [-0.1, -0.05) is 32.0 Å². The van der Waals surface area contributed by atoms with Gasteiger partial charge in [-0.2, -0.15) is 0 Å². The van der Waals surface area contributed by atoms with Crippen molar-refractivity contribution in [1.29, 1.82) is 0 Å². The molecule has 1 heterocycles. The molecule has 0 aliphatic carbocycles. The van der Waals surface area contributed by atoms with E-state index in [2.05, 4.69) is 48.3 Å². The van der Waals surface area contributed by atoms with E-state index in [1.165, 1.54) is 11.3 Å². The number of nitrogens with two attached hydrogens (primary N) is 1. The lowest BCUT2D eigenvalue weighted by Gasteiger charge is -2.34. The molecule has 1 fully saturated rings. The van der Waals surface area contributed by atoms with Crippen LogP contribution in [0.3, 0.4) is 0 Å². The number of carbonyl (C=O) groups excluding carboxylic acids is 1. The number of para-hydroxylation sites is 1. The molecular weight excluding hydrogens is 262 g/mol. The molecule has 0 saturated carbocycles. The van der Waals surface area contributed by atoms with Gasteiger partial charge in [0.15, 0.2) is 0 Å². The van der Waals surface area contributed by atoms with Gasteiger partial charge in [0.2, 0.25) is 5.91 Å². The fraction of sp³-hybridized carbons (Fsp3) is 0.588. The van der Waals surface area contributed by atoms with Gasteiger partial charge >= 0.3 is 0 Å². The summed E-state index contributed by atoms with van der Waals surface area (Å²) in [6.45, 7) is 8.05. The monoisotopic (exact) mass is 289 g/mol. The summed E-state index contributed by atoms with van der Waals surface area (Å²) in [5, 5.41) is 3.50. The van der Waals surface area contributed by atoms with Crippen LogP contribution in [0.2, 0.25) is 0 Å². The van der Waals surface area contributed by atoms with E-state index in [1.54, 1.807) is 0 Å². The molecule has 1 aromatic rings. The Labute approximate surface area is 127 Å². The van der Waals surface area contributed by atoms with Crippen LogP contribution in [0, 0.1) is 11.8 Å². The fourth-order valence-electron chi connectivity index (χ4n) is 2.89. The minimum Gasteiger partial charge on any atom is -0.370 e. The summed E-state index contributed by atoms with van der Waals surface area (Å²) in [5.74, 6) is 0.455. The van der Waals surface area contributed by atoms with Crippen LogP contribution in [0.15, 0.2) is 24.3 Å². The van der Waals surface area contributed by atoms with Crippen molar-refractivity contribution >= 4 is 11.6 Å². The van der Waals surface area contributed by atoms with Crippen LogP contribution in [0.5, 0.6) is 0 Å². The van der Waals surface area contributed by atoms with Crippen molar-refractivity contribution in [3.05, 3.63) is 29.8 Å². The van der Waals surface area contributed by atoms with E-state index in [9.17, 15) is 4.79 Å². The first-order valence-electron chi connectivity index (χ1n) is 7.90. The molecule has 4 nitrogen and oxygen atoms in total. The van der Waals surface area contributed by atoms with Crippen molar-refractivity contribution in [3.63, 3.8) is 0 Å². The zero-order chi connectivity index (χ0) is 15.2. The second kappa shape index (κ2) is 7.46. The van der Waals surface area contributed by atoms with Gasteiger partial charge in [0.25, 0.3) is 0 Å². The second-order valence-electron chi connectivity index (χ2n) is 6.34. The van der Waals surface area contributed by atoms with Gasteiger partial charge in [-0.05, 0) is 36.9 Å². The fourth-order valence-corrected chi connectivity index (χ4v) is 2.89. The molecule has 1 saturated heterocycles. The number of hydrogen-bond acceptors (Lipinski definition) is 3. The van der Waals surface area contributed by atoms with E-state index in [0.29, 0.717) is 5.92 Å². The van der Waals surface area contributed by atoms with Gasteiger partial charge in [0, 0.05) is 25.3 Å². The van der Waals surface area contributed by atoms with Crippen LogP contribution in [0.4, 0.5) is 5.69 Å². The zero-order valence-corrected chi connectivity index (χ0v) is 13.1. The molecule has 0 bridgehead atoms. The minimum atomic E-state index is -0.171. The molecule has 0 aromatic heterocycles. The highest BCUT2D eigenvalue weighted by molar-refractivity contribution is 5.77. The molecule has 1 atom stereocenters. The Kier molecular flexibility index (Phi) is 5.62. The summed E-state index contributed by atoms with van der Waals surface area (Å²) < 4.78 is 0. The first-order chi connectivity index (χ1) is 10.1. The normalized spacial score (nSPS) is 19.0. The van der Waals surface area contributed by atoms with E-state index in [-0.39, 0.29) is 11.8 Å². The van der Waals surface area contributed by atoms with Crippen LogP contribution in [0.25, 0.3) is 0 Å². The van der Waals surface area contributed by atoms with E-state index in [0.717, 1.165) is 39.0 Å². The van der Waals surface area contributed by atoms with Crippen LogP contribution >= 0.6 is 0 Å². The van der Waals surface area contributed by atoms with Gasteiger partial charge < -0.3 is 16.0 Å². The van der Waals surface area contributed by atoms with Crippen molar-refractivity contribution in [2.45, 2.75) is 33.2 Å². The number of carbonyl (C=O) groups is 1. The SMILES string of the molecule is CC(C)CNCc1ccccc1N1CCCC(C(N)=O)C1. The topological polar surface area (TPSA) is 58.4 Å². The largest absolute Gasteiger partial charge is 0.370 e. The van der Waals surface area contributed by atoms with Crippen LogP contribution < -0.4 is 16.0 Å². The van der Waals surface area contributed by atoms with E-state index in [4.69, 9.17) is 5.73 Å². The number of nitrogens with zero attached hydrogens (tertiary/aromatic N) is 1. The third kappa shape index (κ3) is 4.46. The molecular formula is C17H27N3O. The lowest BCUT2D eigenvalue weighted by molar-refractivity contribution is -0.122. The van der Waals surface area contributed by atoms with Gasteiger partial charge in [-0.25, -0.2) is 0 Å². The number of nitrogens with one attached hydrogen (secondary N) is 1. The summed E-state index contributed by atoms with van der Waals surface area (Å²) in [4.78, 5) is 13.8. The number of benzene rings is 1. The standard InChI is InChI=1S/C17H27N3O/c1-13(2)10-19-11-14-6-3-4-8-16(14)20-9-5-7-15(12-20)17(18)21/h3-4,6,8,13,15,19H,5,7,9-12H2,1-2H3,(H2,18,21). The van der Waals surface area contributed by atoms with Crippen molar-refractivity contribution < 1.29 is 4.79 Å². The maximum Gasteiger partial charge on any atom is 0.222 e. The first-order valence-corrected chi connectivity index (χ1v) is 7.90. The molecule has 1 aliphatic rings. The Bertz CT molecular complexity index is 473. The lowest BCUT2D eigenvalue weighted by Crippen LogP contribution is -2.41. The number of primary amides is 1. The molecule has 116 valence electrons. The minimum absolute atomic E-state index is 0.0181. The summed E-state index contributed by atoms with van der Waals surface area (Å²) in [6, 6.07) is 8.45. The predicted molar refractivity (Wildman–Crippen MR) is 87.1 cm³/mol. The highest BCUT2D eigenvalue weighted by Crippen LogP contribution is 2.26. The number of anilines is 1. The quantitative estimate of drug-likeness (QED) is 0.843. The Hall–Kier alpha value is -1.55. The highest BCUT2D eigenvalue weighted by Gasteiger charge is 2.25. The number of piperidine rings is 1. The van der Waals surface area contributed by atoms with Gasteiger partial charge in [-0.3, -0.25) is 4.79 Å². The number of amides is 1. The molecule has 2 rings (SSSR count). The highest BCUT2D eigenvalue weighted by atomic mass is 16.1. The third-order valence-corrected chi connectivity index (χ3v) is 4.02. The summed E-state index contributed by atoms with van der Waals surface area (Å²) in [7, 11) is 0. The maximum absolute atomic E-state index is 11.4. The molecule has 3 N–H and O–H groups in total. The molecule has 21 heavy (non-hydrogen) atoms. The Morgan fingerprint density at radius 1 is 1.43 bits per heavy atom. The number of hydrogen-bond donors (Lipinski definition) is 2. The average Bonchev–Trinajstić information content (AvgIpc) is 2.47. The van der Waals surface area contributed by atoms with Crippen molar-refractivity contribution in [2.75, 3.05) is 24.5 Å². The van der Waals surface area contributed by atoms with Crippen molar-refractivity contribution in [3.8, 4) is 0 Å². The van der Waals surface area contributed by atoms with Gasteiger partial charge in [0.1, 0.15) is 0 Å². The lowest BCUT2D eigenvalue weighted by atomic mass is 9.96. The Morgan fingerprint density at radius 3 is 2.90 bits per heavy atom. The Morgan fingerprint density at radius 2 is 2.19 bits per heavy atom. The van der Waals surface area contributed by atoms with E-state index in [1.807, 2.05) is 0 Å². The van der Waals surface area contributed by atoms with Crippen LogP contribution in [-0.2, 0) is 11.3 Å². The molecule has 1 unspecified atom stereocenters. The molecule has 1 aromatic carbocycles. The molecule has 4 heteroatoms. The van der Waals surface area contributed by atoms with Crippen molar-refractivity contribution in [1.82, 2.24) is 5.32 Å². The predicted octanol–water partition coefficient (Wildman–Crippen LogP) is 2.13. The maximum atomic E-state index is 11.4. The third-order valence-electron chi connectivity index (χ3n) is 4.02. The zero-order valence-electron chi connectivity index (χ0n) is 13.1. The summed E-state index contributed by atoms with van der Waals surface area (Å²) in [6.07, 6.45) is 1.95. The van der Waals surface area contributed by atoms with Crippen molar-refractivity contribution in [2.24, 2.45) is 17.6 Å². The smallest absolute Gasteiger partial charge is 0.222 e. The van der Waals surface area contributed by atoms with Gasteiger partial charge in [0.05, 0.1) is 5.92 Å². The van der Waals surface area contributed by atoms with E-state index >= 15 is 0 Å². The molecule has 0 spiro atoms. The number of rotatable bonds is 6. The Balaban J connectivity index is 2.06. The summed E-state index contributed by atoms with van der Waals surface area (Å²) in [5.41, 5.74) is 8.01. The summed E-state index contributed by atoms with van der Waals surface area (Å²) >= 11 is 0. The van der Waals surface area contributed by atoms with E-state index < -0.39 is 0 Å². The molecule has 1 aliphatic heterocycles. The van der Waals surface area contributed by atoms with Crippen LogP contribution in [-0.4, -0.2) is 25.5 Å².